The van der Waals surface area contributed by atoms with Gasteiger partial charge in [0.25, 0.3) is 0 Å². The topological polar surface area (TPSA) is 84.9 Å². The highest BCUT2D eigenvalue weighted by Crippen LogP contribution is 2.37. The van der Waals surface area contributed by atoms with Gasteiger partial charge in [0.2, 0.25) is 5.13 Å². The average Bonchev–Trinajstić information content (AvgIpc) is 3.20. The number of ether oxygens (including phenoxy) is 2. The Morgan fingerprint density at radius 3 is 2.50 bits per heavy atom. The number of nitrogens with zero attached hydrogens (tertiary/aromatic N) is 4. The van der Waals surface area contributed by atoms with Crippen LogP contribution in [0, 0.1) is 0 Å². The second-order valence-corrected chi connectivity index (χ2v) is 10.8. The summed E-state index contributed by atoms with van der Waals surface area (Å²) in [6.07, 6.45) is 11.5. The fourth-order valence-electron chi connectivity index (χ4n) is 4.77. The number of benzene rings is 1. The molecule has 2 amide bonds. The molecule has 1 aromatic carbocycles. The third-order valence-corrected chi connectivity index (χ3v) is 8.06. The van der Waals surface area contributed by atoms with E-state index in [1.54, 1.807) is 36.2 Å². The number of carbonyl (C=O) groups excluding carboxylic acids is 2. The minimum atomic E-state index is -0.717. The number of anilines is 1. The largest absolute Gasteiger partial charge is 0.494 e. The van der Waals surface area contributed by atoms with Crippen molar-refractivity contribution >= 4 is 28.5 Å². The quantitative estimate of drug-likeness (QED) is 0.208. The van der Waals surface area contributed by atoms with Crippen LogP contribution >= 0.6 is 11.3 Å². The van der Waals surface area contributed by atoms with Crippen LogP contribution in [0.3, 0.4) is 0 Å². The Balaban J connectivity index is 1.40. The molecule has 2 heterocycles. The van der Waals surface area contributed by atoms with Crippen LogP contribution in [0.4, 0.5) is 9.93 Å². The lowest BCUT2D eigenvalue weighted by molar-refractivity contribution is 0.0229. The van der Waals surface area contributed by atoms with Gasteiger partial charge in [0.1, 0.15) is 10.8 Å². The molecule has 8 nitrogen and oxygen atoms in total. The van der Waals surface area contributed by atoms with Crippen molar-refractivity contribution in [3.05, 3.63) is 34.8 Å². The first-order valence-corrected chi connectivity index (χ1v) is 14.2. The SMILES string of the molecule is CCCCCCOc1ccc(C(=O)OC2CCN(C)C(=O)N2c2nnc(C3CCCCCC3)s2)cc1. The molecule has 196 valence electrons. The number of urea groups is 1. The second-order valence-electron chi connectivity index (χ2n) is 9.77. The number of rotatable bonds is 10. The average molecular weight is 515 g/mol. The molecular formula is C27H38N4O4S. The van der Waals surface area contributed by atoms with Gasteiger partial charge >= 0.3 is 12.0 Å². The van der Waals surface area contributed by atoms with Crippen molar-refractivity contribution in [1.82, 2.24) is 15.1 Å². The fraction of sp³-hybridized carbons (Fsp3) is 0.630. The van der Waals surface area contributed by atoms with E-state index in [0.29, 0.717) is 36.2 Å². The van der Waals surface area contributed by atoms with Crippen molar-refractivity contribution in [3.63, 3.8) is 0 Å². The molecule has 1 aliphatic heterocycles. The first-order valence-electron chi connectivity index (χ1n) is 13.4. The van der Waals surface area contributed by atoms with Gasteiger partial charge in [0, 0.05) is 25.9 Å². The van der Waals surface area contributed by atoms with E-state index in [2.05, 4.69) is 17.1 Å². The van der Waals surface area contributed by atoms with E-state index in [-0.39, 0.29) is 6.03 Å². The van der Waals surface area contributed by atoms with E-state index in [4.69, 9.17) is 9.47 Å². The molecule has 2 aromatic rings. The Kier molecular flexibility index (Phi) is 9.55. The summed E-state index contributed by atoms with van der Waals surface area (Å²) in [5.74, 6) is 0.661. The summed E-state index contributed by atoms with van der Waals surface area (Å²) in [5, 5.41) is 10.3. The van der Waals surface area contributed by atoms with Gasteiger partial charge in [-0.15, -0.1) is 10.2 Å². The van der Waals surface area contributed by atoms with Crippen LogP contribution in [0.25, 0.3) is 0 Å². The zero-order valence-corrected chi connectivity index (χ0v) is 22.3. The normalized spacial score (nSPS) is 19.3. The van der Waals surface area contributed by atoms with Crippen LogP contribution in [0.5, 0.6) is 5.75 Å². The van der Waals surface area contributed by atoms with Gasteiger partial charge < -0.3 is 14.4 Å². The monoisotopic (exact) mass is 514 g/mol. The van der Waals surface area contributed by atoms with E-state index in [1.165, 1.54) is 54.8 Å². The van der Waals surface area contributed by atoms with E-state index in [1.807, 2.05) is 0 Å². The molecular weight excluding hydrogens is 476 g/mol. The van der Waals surface area contributed by atoms with Crippen molar-refractivity contribution in [2.24, 2.45) is 0 Å². The zero-order chi connectivity index (χ0) is 25.3. The Labute approximate surface area is 218 Å². The third kappa shape index (κ3) is 6.75. The lowest BCUT2D eigenvalue weighted by Gasteiger charge is -2.37. The highest BCUT2D eigenvalue weighted by atomic mass is 32.1. The standard InChI is InChI=1S/C27H38N4O4S/c1-3-4-5-10-19-34-22-15-13-21(14-16-22)25(32)35-23-17-18-30(2)27(33)31(23)26-29-28-24(36-26)20-11-8-6-7-9-12-20/h13-16,20,23H,3-12,17-19H2,1-2H3. The maximum Gasteiger partial charge on any atom is 0.340 e. The highest BCUT2D eigenvalue weighted by Gasteiger charge is 2.38. The van der Waals surface area contributed by atoms with Gasteiger partial charge in [-0.1, -0.05) is 63.2 Å². The predicted octanol–water partition coefficient (Wildman–Crippen LogP) is 6.38. The van der Waals surface area contributed by atoms with Crippen LogP contribution in [-0.2, 0) is 4.74 Å². The van der Waals surface area contributed by atoms with Crippen molar-refractivity contribution in [1.29, 1.82) is 0 Å². The minimum absolute atomic E-state index is 0.227. The fourth-order valence-corrected chi connectivity index (χ4v) is 5.81. The molecule has 9 heteroatoms. The number of esters is 1. The second kappa shape index (κ2) is 13.0. The minimum Gasteiger partial charge on any atom is -0.494 e. The summed E-state index contributed by atoms with van der Waals surface area (Å²) in [4.78, 5) is 29.2. The molecule has 1 saturated heterocycles. The molecule has 2 fully saturated rings. The van der Waals surface area contributed by atoms with Crippen LogP contribution in [0.1, 0.15) is 98.8 Å². The van der Waals surface area contributed by atoms with Crippen molar-refractivity contribution in [2.75, 3.05) is 25.1 Å². The summed E-state index contributed by atoms with van der Waals surface area (Å²) in [5.41, 5.74) is 0.427. The van der Waals surface area contributed by atoms with Crippen LogP contribution < -0.4 is 9.64 Å². The summed E-state index contributed by atoms with van der Waals surface area (Å²) in [6, 6.07) is 6.77. The van der Waals surface area contributed by atoms with Gasteiger partial charge in [0.15, 0.2) is 6.23 Å². The number of unbranched alkanes of at least 4 members (excludes halogenated alkanes) is 3. The lowest BCUT2D eigenvalue weighted by atomic mass is 10.0. The summed E-state index contributed by atoms with van der Waals surface area (Å²) >= 11 is 1.45. The van der Waals surface area contributed by atoms with E-state index < -0.39 is 12.2 Å². The van der Waals surface area contributed by atoms with Crippen LogP contribution in [-0.4, -0.2) is 53.5 Å². The van der Waals surface area contributed by atoms with E-state index in [0.717, 1.165) is 36.4 Å². The number of carbonyl (C=O) groups is 2. The summed E-state index contributed by atoms with van der Waals surface area (Å²) in [7, 11) is 1.75. The van der Waals surface area contributed by atoms with E-state index in [9.17, 15) is 9.59 Å². The molecule has 0 N–H and O–H groups in total. The Hall–Kier alpha value is -2.68. The Bertz CT molecular complexity index is 988. The molecule has 1 saturated carbocycles. The van der Waals surface area contributed by atoms with Gasteiger partial charge in [-0.25, -0.2) is 14.5 Å². The number of aromatic nitrogens is 2. The molecule has 2 aliphatic rings. The molecule has 0 radical (unpaired) electrons. The van der Waals surface area contributed by atoms with Crippen LogP contribution in [0.2, 0.25) is 0 Å². The molecule has 36 heavy (non-hydrogen) atoms. The van der Waals surface area contributed by atoms with Gasteiger partial charge in [-0.2, -0.15) is 0 Å². The molecule has 4 rings (SSSR count). The molecule has 1 unspecified atom stereocenters. The van der Waals surface area contributed by atoms with Gasteiger partial charge in [0.05, 0.1) is 12.2 Å². The van der Waals surface area contributed by atoms with Crippen molar-refractivity contribution in [3.8, 4) is 5.75 Å². The third-order valence-electron chi connectivity index (χ3n) is 6.97. The first kappa shape index (κ1) is 26.4. The first-order chi connectivity index (χ1) is 17.6. The molecule has 0 spiro atoms. The molecule has 1 atom stereocenters. The van der Waals surface area contributed by atoms with Gasteiger partial charge in [-0.05, 0) is 43.5 Å². The van der Waals surface area contributed by atoms with Gasteiger partial charge in [-0.3, -0.25) is 0 Å². The smallest absolute Gasteiger partial charge is 0.340 e. The van der Waals surface area contributed by atoms with Crippen molar-refractivity contribution in [2.45, 2.75) is 89.7 Å². The Morgan fingerprint density at radius 1 is 1.03 bits per heavy atom. The zero-order valence-electron chi connectivity index (χ0n) is 21.5. The van der Waals surface area contributed by atoms with Crippen LogP contribution in [0.15, 0.2) is 24.3 Å². The molecule has 1 aliphatic carbocycles. The maximum absolute atomic E-state index is 13.1. The van der Waals surface area contributed by atoms with E-state index >= 15 is 0 Å². The Morgan fingerprint density at radius 2 is 1.78 bits per heavy atom. The number of hydrogen-bond acceptors (Lipinski definition) is 7. The highest BCUT2D eigenvalue weighted by molar-refractivity contribution is 7.15. The lowest BCUT2D eigenvalue weighted by Crippen LogP contribution is -2.54. The summed E-state index contributed by atoms with van der Waals surface area (Å²) in [6.45, 7) is 3.36. The molecule has 0 bridgehead atoms. The van der Waals surface area contributed by atoms with Crippen molar-refractivity contribution < 1.29 is 19.1 Å². The summed E-state index contributed by atoms with van der Waals surface area (Å²) < 4.78 is 11.6. The maximum atomic E-state index is 13.1. The molecule has 1 aromatic heterocycles. The predicted molar refractivity (Wildman–Crippen MR) is 141 cm³/mol. The number of hydrogen-bond donors (Lipinski definition) is 0. The number of amides is 2.